The van der Waals surface area contributed by atoms with Gasteiger partial charge in [-0.25, -0.2) is 14.6 Å². The lowest BCUT2D eigenvalue weighted by Crippen LogP contribution is -2.49. The highest BCUT2D eigenvalue weighted by molar-refractivity contribution is 5.86. The number of carbonyl (C=O) groups excluding carboxylic acids is 2. The number of aliphatic carboxylic acids is 1. The molecule has 104 valence electrons. The Morgan fingerprint density at radius 3 is 2.74 bits per heavy atom. The van der Waals surface area contributed by atoms with E-state index in [1.54, 1.807) is 0 Å². The predicted molar refractivity (Wildman–Crippen MR) is 64.3 cm³/mol. The van der Waals surface area contributed by atoms with Crippen LogP contribution in [0.5, 0.6) is 0 Å². The molecule has 1 heterocycles. The first-order valence-electron chi connectivity index (χ1n) is 5.48. The number of amides is 3. The number of H-pyrrole nitrogens is 1. The zero-order valence-corrected chi connectivity index (χ0v) is 10.3. The molecular formula is C10H15N5O4. The van der Waals surface area contributed by atoms with Crippen molar-refractivity contribution in [1.29, 1.82) is 0 Å². The Bertz CT molecular complexity index is 445. The van der Waals surface area contributed by atoms with E-state index in [-0.39, 0.29) is 18.9 Å². The van der Waals surface area contributed by atoms with Crippen molar-refractivity contribution in [2.75, 3.05) is 13.6 Å². The van der Waals surface area contributed by atoms with E-state index in [0.29, 0.717) is 5.69 Å². The molecule has 0 unspecified atom stereocenters. The lowest BCUT2D eigenvalue weighted by Gasteiger charge is -2.14. The topological polar surface area (TPSA) is 136 Å². The summed E-state index contributed by atoms with van der Waals surface area (Å²) in [4.78, 5) is 39.8. The molecule has 1 aromatic rings. The molecule has 9 heteroatoms. The molecule has 9 nitrogen and oxygen atoms in total. The predicted octanol–water partition coefficient (Wildman–Crippen LogP) is -1.55. The number of rotatable bonds is 6. The van der Waals surface area contributed by atoms with Crippen LogP contribution in [0.4, 0.5) is 4.79 Å². The molecule has 5 N–H and O–H groups in total. The molecule has 0 aliphatic rings. The van der Waals surface area contributed by atoms with Crippen LogP contribution < -0.4 is 16.0 Å². The molecule has 0 spiro atoms. The quantitative estimate of drug-likeness (QED) is 0.426. The molecule has 0 fully saturated rings. The van der Waals surface area contributed by atoms with Crippen LogP contribution in [0.2, 0.25) is 0 Å². The Labute approximate surface area is 108 Å². The molecule has 1 atom stereocenters. The second-order valence-electron chi connectivity index (χ2n) is 3.67. The summed E-state index contributed by atoms with van der Waals surface area (Å²) in [7, 11) is 1.43. The van der Waals surface area contributed by atoms with Gasteiger partial charge in [0.05, 0.1) is 12.9 Å². The van der Waals surface area contributed by atoms with Crippen molar-refractivity contribution in [3.05, 3.63) is 18.2 Å². The monoisotopic (exact) mass is 269 g/mol. The summed E-state index contributed by atoms with van der Waals surface area (Å²) in [5, 5.41) is 15.8. The number of hydrogen-bond donors (Lipinski definition) is 5. The van der Waals surface area contributed by atoms with Gasteiger partial charge in [-0.1, -0.05) is 0 Å². The molecule has 0 bridgehead atoms. The number of carboxylic acid groups (broad SMARTS) is 1. The van der Waals surface area contributed by atoms with Gasteiger partial charge < -0.3 is 26.0 Å². The minimum atomic E-state index is -1.18. The van der Waals surface area contributed by atoms with Gasteiger partial charge in [0.25, 0.3) is 0 Å². The third kappa shape index (κ3) is 5.06. The molecule has 0 radical (unpaired) electrons. The Morgan fingerprint density at radius 1 is 1.47 bits per heavy atom. The van der Waals surface area contributed by atoms with Crippen LogP contribution in [-0.4, -0.2) is 52.6 Å². The Balaban J connectivity index is 2.47. The fraction of sp³-hybridized carbons (Fsp3) is 0.400. The van der Waals surface area contributed by atoms with Crippen molar-refractivity contribution in [1.82, 2.24) is 25.9 Å². The minimum absolute atomic E-state index is 0.0722. The SMILES string of the molecule is CNC(=O)CNC(=O)N[C@@H](Cc1cnc[nH]1)C(=O)O. The first-order valence-corrected chi connectivity index (χ1v) is 5.48. The van der Waals surface area contributed by atoms with Crippen LogP contribution in [0.15, 0.2) is 12.5 Å². The molecule has 0 aromatic carbocycles. The number of hydrogen-bond acceptors (Lipinski definition) is 4. The van der Waals surface area contributed by atoms with E-state index >= 15 is 0 Å². The molecule has 1 rings (SSSR count). The van der Waals surface area contributed by atoms with E-state index in [4.69, 9.17) is 5.11 Å². The normalized spacial score (nSPS) is 11.4. The second kappa shape index (κ2) is 6.99. The number of nitrogens with zero attached hydrogens (tertiary/aromatic N) is 1. The standard InChI is InChI=1S/C10H15N5O4/c1-11-8(16)4-13-10(19)15-7(9(17)18)2-6-3-12-5-14-6/h3,5,7H,2,4H2,1H3,(H,11,16)(H,12,14)(H,17,18)(H2,13,15,19)/t7-/m0/s1. The van der Waals surface area contributed by atoms with E-state index < -0.39 is 18.0 Å². The average molecular weight is 269 g/mol. The molecule has 0 saturated carbocycles. The highest BCUT2D eigenvalue weighted by Crippen LogP contribution is 1.98. The van der Waals surface area contributed by atoms with E-state index in [0.717, 1.165) is 0 Å². The lowest BCUT2D eigenvalue weighted by atomic mass is 10.2. The summed E-state index contributed by atoms with van der Waals surface area (Å²) >= 11 is 0. The van der Waals surface area contributed by atoms with Crippen molar-refractivity contribution in [3.63, 3.8) is 0 Å². The van der Waals surface area contributed by atoms with Gasteiger partial charge in [0.2, 0.25) is 5.91 Å². The van der Waals surface area contributed by atoms with Crippen molar-refractivity contribution < 1.29 is 19.5 Å². The van der Waals surface area contributed by atoms with Crippen molar-refractivity contribution in [2.24, 2.45) is 0 Å². The number of urea groups is 1. The highest BCUT2D eigenvalue weighted by atomic mass is 16.4. The summed E-state index contributed by atoms with van der Waals surface area (Å²) in [6, 6.07) is -1.83. The van der Waals surface area contributed by atoms with Gasteiger partial charge in [0.15, 0.2) is 0 Å². The molecule has 3 amide bonds. The Kier molecular flexibility index (Phi) is 5.33. The number of carboxylic acids is 1. The van der Waals surface area contributed by atoms with Crippen LogP contribution in [0.1, 0.15) is 5.69 Å². The van der Waals surface area contributed by atoms with Crippen LogP contribution in [0.3, 0.4) is 0 Å². The smallest absolute Gasteiger partial charge is 0.326 e. The van der Waals surface area contributed by atoms with Gasteiger partial charge in [0.1, 0.15) is 6.04 Å². The van der Waals surface area contributed by atoms with Gasteiger partial charge in [-0.15, -0.1) is 0 Å². The maximum atomic E-state index is 11.4. The molecule has 1 aromatic heterocycles. The van der Waals surface area contributed by atoms with Gasteiger partial charge in [-0.05, 0) is 0 Å². The minimum Gasteiger partial charge on any atom is -0.480 e. The van der Waals surface area contributed by atoms with Crippen molar-refractivity contribution >= 4 is 17.9 Å². The summed E-state index contributed by atoms with van der Waals surface area (Å²) in [6.45, 7) is -0.223. The first-order chi connectivity index (χ1) is 9.02. The number of nitrogens with one attached hydrogen (secondary N) is 4. The van der Waals surface area contributed by atoms with Crippen molar-refractivity contribution in [2.45, 2.75) is 12.5 Å². The summed E-state index contributed by atoms with van der Waals surface area (Å²) in [5.41, 5.74) is 0.582. The average Bonchev–Trinajstić information content (AvgIpc) is 2.87. The van der Waals surface area contributed by atoms with Gasteiger partial charge >= 0.3 is 12.0 Å². The number of aromatic amines is 1. The third-order valence-corrected chi connectivity index (χ3v) is 2.27. The molecule has 0 aliphatic heterocycles. The van der Waals surface area contributed by atoms with E-state index in [2.05, 4.69) is 25.9 Å². The zero-order chi connectivity index (χ0) is 14.3. The summed E-state index contributed by atoms with van der Waals surface area (Å²) < 4.78 is 0. The van der Waals surface area contributed by atoms with E-state index in [1.807, 2.05) is 0 Å². The number of aromatic nitrogens is 2. The van der Waals surface area contributed by atoms with E-state index in [1.165, 1.54) is 19.6 Å². The maximum Gasteiger partial charge on any atom is 0.326 e. The van der Waals surface area contributed by atoms with Crippen LogP contribution in [0, 0.1) is 0 Å². The molecule has 19 heavy (non-hydrogen) atoms. The van der Waals surface area contributed by atoms with Gasteiger partial charge in [-0.3, -0.25) is 4.79 Å². The fourth-order valence-electron chi connectivity index (χ4n) is 1.27. The lowest BCUT2D eigenvalue weighted by molar-refractivity contribution is -0.139. The molecular weight excluding hydrogens is 254 g/mol. The van der Waals surface area contributed by atoms with Gasteiger partial charge in [0, 0.05) is 25.4 Å². The Morgan fingerprint density at radius 2 is 2.21 bits per heavy atom. The number of likely N-dealkylation sites (N-methyl/N-ethyl adjacent to an activating group) is 1. The highest BCUT2D eigenvalue weighted by Gasteiger charge is 2.21. The van der Waals surface area contributed by atoms with E-state index in [9.17, 15) is 14.4 Å². The summed E-state index contributed by atoms with van der Waals surface area (Å²) in [6.07, 6.45) is 2.96. The number of imidazole rings is 1. The second-order valence-corrected chi connectivity index (χ2v) is 3.67. The number of carbonyl (C=O) groups is 3. The Hall–Kier alpha value is -2.58. The summed E-state index contributed by atoms with van der Waals surface area (Å²) in [5.74, 6) is -1.56. The van der Waals surface area contributed by atoms with Crippen molar-refractivity contribution in [3.8, 4) is 0 Å². The zero-order valence-electron chi connectivity index (χ0n) is 10.3. The van der Waals surface area contributed by atoms with Gasteiger partial charge in [-0.2, -0.15) is 0 Å². The third-order valence-electron chi connectivity index (χ3n) is 2.27. The maximum absolute atomic E-state index is 11.4. The fourth-order valence-corrected chi connectivity index (χ4v) is 1.27. The van der Waals surface area contributed by atoms with Crippen LogP contribution in [-0.2, 0) is 16.0 Å². The van der Waals surface area contributed by atoms with Crippen LogP contribution in [0.25, 0.3) is 0 Å². The van der Waals surface area contributed by atoms with Crippen LogP contribution >= 0.6 is 0 Å². The largest absolute Gasteiger partial charge is 0.480 e. The molecule has 0 saturated heterocycles. The first kappa shape index (κ1) is 14.5. The molecule has 0 aliphatic carbocycles.